The fourth-order valence-electron chi connectivity index (χ4n) is 2.75. The minimum Gasteiger partial charge on any atom is -0.340 e. The normalized spacial score (nSPS) is 12.2. The van der Waals surface area contributed by atoms with Gasteiger partial charge in [0, 0.05) is 11.6 Å². The Hall–Kier alpha value is -3.63. The number of rotatable bonds is 7. The molecular weight excluding hydrogens is 417 g/mol. The third-order valence-electron chi connectivity index (χ3n) is 4.47. The van der Waals surface area contributed by atoms with E-state index in [1.807, 2.05) is 0 Å². The number of alkyl halides is 3. The number of aryl methyl sites for hydroxylation is 1. The zero-order chi connectivity index (χ0) is 23.3. The summed E-state index contributed by atoms with van der Waals surface area (Å²) in [6.07, 6.45) is -4.75. The summed E-state index contributed by atoms with van der Waals surface area (Å²) < 4.78 is 38.4. The number of halogens is 3. The lowest BCUT2D eigenvalue weighted by molar-refractivity contribution is -0.384. The van der Waals surface area contributed by atoms with Gasteiger partial charge in [0.1, 0.15) is 11.7 Å². The van der Waals surface area contributed by atoms with Crippen molar-refractivity contribution < 1.29 is 27.7 Å². The molecule has 0 saturated heterocycles. The molecule has 0 bridgehead atoms. The first-order valence-electron chi connectivity index (χ1n) is 9.19. The van der Waals surface area contributed by atoms with Crippen molar-refractivity contribution in [2.75, 3.05) is 5.43 Å². The van der Waals surface area contributed by atoms with Crippen LogP contribution in [0, 0.1) is 23.0 Å². The van der Waals surface area contributed by atoms with E-state index in [0.717, 1.165) is 6.07 Å². The van der Waals surface area contributed by atoms with E-state index in [2.05, 4.69) is 16.2 Å². The zero-order valence-corrected chi connectivity index (χ0v) is 16.9. The van der Waals surface area contributed by atoms with Crippen molar-refractivity contribution in [3.63, 3.8) is 0 Å². The third kappa shape index (κ3) is 5.93. The molecule has 31 heavy (non-hydrogen) atoms. The molecule has 2 rings (SSSR count). The number of carbonyl (C=O) groups is 2. The number of benzene rings is 2. The Bertz CT molecular complexity index is 993. The Balaban J connectivity index is 2.16. The van der Waals surface area contributed by atoms with Crippen molar-refractivity contribution in [1.82, 2.24) is 10.7 Å². The van der Waals surface area contributed by atoms with Gasteiger partial charge in [0.15, 0.2) is 0 Å². The highest BCUT2D eigenvalue weighted by molar-refractivity contribution is 5.98. The molecule has 0 saturated carbocycles. The van der Waals surface area contributed by atoms with Crippen molar-refractivity contribution in [2.45, 2.75) is 33.0 Å². The van der Waals surface area contributed by atoms with Crippen LogP contribution in [-0.4, -0.2) is 22.8 Å². The van der Waals surface area contributed by atoms with Crippen LogP contribution in [0.1, 0.15) is 35.3 Å². The Morgan fingerprint density at radius 2 is 1.74 bits per heavy atom. The summed E-state index contributed by atoms with van der Waals surface area (Å²) in [4.78, 5) is 35.3. The molecule has 0 aromatic heterocycles. The average molecular weight is 438 g/mol. The number of hydrogen-bond acceptors (Lipinski definition) is 5. The van der Waals surface area contributed by atoms with Gasteiger partial charge in [-0.25, -0.2) is 0 Å². The topological polar surface area (TPSA) is 113 Å². The van der Waals surface area contributed by atoms with Crippen LogP contribution in [0.25, 0.3) is 0 Å². The van der Waals surface area contributed by atoms with Gasteiger partial charge in [-0.3, -0.25) is 30.6 Å². The number of hydrogen-bond donors (Lipinski definition) is 3. The second-order valence-electron chi connectivity index (χ2n) is 7.11. The highest BCUT2D eigenvalue weighted by Gasteiger charge is 2.33. The van der Waals surface area contributed by atoms with E-state index in [4.69, 9.17) is 0 Å². The maximum Gasteiger partial charge on any atom is 0.416 e. The highest BCUT2D eigenvalue weighted by Crippen LogP contribution is 2.34. The first kappa shape index (κ1) is 23.6. The lowest BCUT2D eigenvalue weighted by atomic mass is 10.0. The van der Waals surface area contributed by atoms with Crippen LogP contribution in [0.5, 0.6) is 0 Å². The van der Waals surface area contributed by atoms with Gasteiger partial charge in [0.05, 0.1) is 10.5 Å². The van der Waals surface area contributed by atoms with E-state index in [1.165, 1.54) is 0 Å². The molecular formula is C20H21F3N4O4. The molecule has 8 nitrogen and oxygen atoms in total. The second-order valence-corrected chi connectivity index (χ2v) is 7.11. The summed E-state index contributed by atoms with van der Waals surface area (Å²) in [6, 6.07) is 7.65. The molecule has 0 radical (unpaired) electrons. The van der Waals surface area contributed by atoms with E-state index >= 15 is 0 Å². The van der Waals surface area contributed by atoms with Crippen molar-refractivity contribution in [3.05, 3.63) is 69.3 Å². The first-order valence-corrected chi connectivity index (χ1v) is 9.19. The number of nitro groups is 1. The number of amides is 2. The van der Waals surface area contributed by atoms with Gasteiger partial charge in [0.2, 0.25) is 0 Å². The van der Waals surface area contributed by atoms with Crippen LogP contribution < -0.4 is 16.2 Å². The second kappa shape index (κ2) is 9.45. The number of nitrogens with one attached hydrogen (secondary N) is 3. The van der Waals surface area contributed by atoms with Crippen LogP contribution in [0.3, 0.4) is 0 Å². The molecule has 0 aliphatic rings. The number of carbonyl (C=O) groups excluding carboxylic acids is 2. The molecule has 0 aliphatic heterocycles. The molecule has 2 aromatic carbocycles. The van der Waals surface area contributed by atoms with Crippen LogP contribution in [-0.2, 0) is 11.0 Å². The van der Waals surface area contributed by atoms with Gasteiger partial charge in [-0.2, -0.15) is 13.2 Å². The predicted octanol–water partition coefficient (Wildman–Crippen LogP) is 3.82. The maximum atomic E-state index is 12.8. The van der Waals surface area contributed by atoms with Crippen LogP contribution in [0.2, 0.25) is 0 Å². The lowest BCUT2D eigenvalue weighted by Gasteiger charge is -2.22. The highest BCUT2D eigenvalue weighted by atomic mass is 19.4. The summed E-state index contributed by atoms with van der Waals surface area (Å²) in [5, 5.41) is 13.8. The quantitative estimate of drug-likeness (QED) is 0.449. The third-order valence-corrected chi connectivity index (χ3v) is 4.47. The summed E-state index contributed by atoms with van der Waals surface area (Å²) in [6.45, 7) is 5.11. The van der Waals surface area contributed by atoms with Crippen LogP contribution in [0.15, 0.2) is 42.5 Å². The number of nitrogens with zero attached hydrogens (tertiary/aromatic N) is 1. The largest absolute Gasteiger partial charge is 0.416 e. The minimum atomic E-state index is -4.75. The summed E-state index contributed by atoms with van der Waals surface area (Å²) in [5.41, 5.74) is 3.19. The molecule has 2 amide bonds. The Morgan fingerprint density at radius 3 is 2.29 bits per heavy atom. The number of hydrazine groups is 1. The van der Waals surface area contributed by atoms with Crippen LogP contribution >= 0.6 is 0 Å². The molecule has 0 aliphatic carbocycles. The lowest BCUT2D eigenvalue weighted by Crippen LogP contribution is -2.51. The van der Waals surface area contributed by atoms with Crippen molar-refractivity contribution in [3.8, 4) is 0 Å². The molecule has 0 heterocycles. The molecule has 0 spiro atoms. The number of nitro benzene ring substituents is 1. The maximum absolute atomic E-state index is 12.8. The standard InChI is InChI=1S/C20H21F3N4O4/c1-11(2)17(24-18(28)14-7-5-4-6-12(14)3)19(29)26-25-15-9-8-13(20(21,22)23)10-16(15)27(30)31/h4-11,17,25H,1-3H3,(H,24,28)(H,26,29). The molecule has 11 heteroatoms. The molecule has 1 atom stereocenters. The Kier molecular flexibility index (Phi) is 7.21. The van der Waals surface area contributed by atoms with Crippen molar-refractivity contribution >= 4 is 23.2 Å². The fourth-order valence-corrected chi connectivity index (χ4v) is 2.75. The van der Waals surface area contributed by atoms with Gasteiger partial charge in [-0.15, -0.1) is 0 Å². The van der Waals surface area contributed by atoms with E-state index in [-0.39, 0.29) is 11.6 Å². The molecule has 0 fully saturated rings. The van der Waals surface area contributed by atoms with E-state index in [9.17, 15) is 32.9 Å². The van der Waals surface area contributed by atoms with E-state index in [0.29, 0.717) is 23.3 Å². The van der Waals surface area contributed by atoms with Gasteiger partial charge >= 0.3 is 6.18 Å². The molecule has 3 N–H and O–H groups in total. The van der Waals surface area contributed by atoms with Crippen molar-refractivity contribution in [1.29, 1.82) is 0 Å². The average Bonchev–Trinajstić information content (AvgIpc) is 2.69. The number of anilines is 1. The van der Waals surface area contributed by atoms with Gasteiger partial charge < -0.3 is 5.32 Å². The van der Waals surface area contributed by atoms with Gasteiger partial charge in [-0.05, 0) is 36.6 Å². The van der Waals surface area contributed by atoms with Gasteiger partial charge in [-0.1, -0.05) is 32.0 Å². The van der Waals surface area contributed by atoms with Crippen LogP contribution in [0.4, 0.5) is 24.5 Å². The van der Waals surface area contributed by atoms with E-state index in [1.54, 1.807) is 45.0 Å². The van der Waals surface area contributed by atoms with Gasteiger partial charge in [0.25, 0.3) is 17.5 Å². The predicted molar refractivity (Wildman–Crippen MR) is 107 cm³/mol. The zero-order valence-electron chi connectivity index (χ0n) is 16.9. The summed E-state index contributed by atoms with van der Waals surface area (Å²) >= 11 is 0. The molecule has 166 valence electrons. The fraction of sp³-hybridized carbons (Fsp3) is 0.300. The summed E-state index contributed by atoms with van der Waals surface area (Å²) in [7, 11) is 0. The SMILES string of the molecule is Cc1ccccc1C(=O)NC(C(=O)NNc1ccc(C(F)(F)F)cc1[N+](=O)[O-])C(C)C. The first-order chi connectivity index (χ1) is 14.4. The minimum absolute atomic E-state index is 0.334. The molecule has 2 aromatic rings. The summed E-state index contributed by atoms with van der Waals surface area (Å²) in [5.74, 6) is -1.55. The van der Waals surface area contributed by atoms with Crippen molar-refractivity contribution in [2.24, 2.45) is 5.92 Å². The monoisotopic (exact) mass is 438 g/mol. The Labute approximate surface area is 176 Å². The Morgan fingerprint density at radius 1 is 1.10 bits per heavy atom. The molecule has 1 unspecified atom stereocenters. The van der Waals surface area contributed by atoms with E-state index < -0.39 is 40.2 Å². The smallest absolute Gasteiger partial charge is 0.340 e.